The van der Waals surface area contributed by atoms with Crippen LogP contribution in [-0.4, -0.2) is 15.9 Å². The summed E-state index contributed by atoms with van der Waals surface area (Å²) in [5.41, 5.74) is 10.5. The minimum atomic E-state index is -0.457. The average Bonchev–Trinajstić information content (AvgIpc) is 2.78. The summed E-state index contributed by atoms with van der Waals surface area (Å²) in [4.78, 5) is 22.6. The van der Waals surface area contributed by atoms with Gasteiger partial charge in [-0.25, -0.2) is 9.97 Å². The summed E-state index contributed by atoms with van der Waals surface area (Å²) in [5.74, 6) is 0.0197. The molecule has 0 unspecified atom stereocenters. The number of anilines is 4. The van der Waals surface area contributed by atoms with E-state index < -0.39 is 5.91 Å². The highest BCUT2D eigenvalue weighted by molar-refractivity contribution is 7.99. The van der Waals surface area contributed by atoms with Crippen LogP contribution in [0.4, 0.5) is 23.0 Å². The quantitative estimate of drug-likeness (QED) is 0.377. The van der Waals surface area contributed by atoms with E-state index in [0.29, 0.717) is 11.5 Å². The SMILES string of the molecule is NC(=O)c1ccc(Nc2nccc(-c3ccc4c(c3)Nc3ccccc3S4)n2)cc1. The molecule has 0 aliphatic carbocycles. The molecule has 0 radical (unpaired) electrons. The number of benzene rings is 3. The van der Waals surface area contributed by atoms with Gasteiger partial charge in [-0.3, -0.25) is 4.79 Å². The number of aromatic nitrogens is 2. The summed E-state index contributed by atoms with van der Waals surface area (Å²) < 4.78 is 0. The van der Waals surface area contributed by atoms with E-state index in [9.17, 15) is 4.79 Å². The second-order valence-electron chi connectivity index (χ2n) is 6.77. The Morgan fingerprint density at radius 1 is 0.933 bits per heavy atom. The molecule has 0 saturated carbocycles. The number of hydrogen-bond acceptors (Lipinski definition) is 6. The molecular weight excluding hydrogens is 394 g/mol. The number of amides is 1. The summed E-state index contributed by atoms with van der Waals surface area (Å²) in [5, 5.41) is 6.66. The van der Waals surface area contributed by atoms with E-state index in [0.717, 1.165) is 28.3 Å². The fourth-order valence-electron chi connectivity index (χ4n) is 3.23. The van der Waals surface area contributed by atoms with E-state index in [1.807, 2.05) is 18.2 Å². The number of carbonyl (C=O) groups is 1. The molecule has 0 fully saturated rings. The Labute approximate surface area is 177 Å². The van der Waals surface area contributed by atoms with Crippen LogP contribution in [0.2, 0.25) is 0 Å². The smallest absolute Gasteiger partial charge is 0.248 e. The van der Waals surface area contributed by atoms with Crippen LogP contribution in [0.15, 0.2) is 88.8 Å². The van der Waals surface area contributed by atoms with Crippen LogP contribution in [-0.2, 0) is 0 Å². The second kappa shape index (κ2) is 7.53. The zero-order chi connectivity index (χ0) is 20.5. The molecule has 146 valence electrons. The molecule has 4 aromatic rings. The van der Waals surface area contributed by atoms with Gasteiger partial charge in [-0.15, -0.1) is 0 Å². The number of hydrogen-bond donors (Lipinski definition) is 3. The third-order valence-corrected chi connectivity index (χ3v) is 5.88. The van der Waals surface area contributed by atoms with Crippen molar-refractivity contribution in [3.8, 4) is 11.3 Å². The molecule has 0 atom stereocenters. The first-order chi connectivity index (χ1) is 14.7. The number of nitrogens with one attached hydrogen (secondary N) is 2. The Morgan fingerprint density at radius 3 is 2.57 bits per heavy atom. The third-order valence-electron chi connectivity index (χ3n) is 4.73. The summed E-state index contributed by atoms with van der Waals surface area (Å²) >= 11 is 1.75. The number of nitrogens with zero attached hydrogens (tertiary/aromatic N) is 2. The van der Waals surface area contributed by atoms with Gasteiger partial charge in [0.2, 0.25) is 11.9 Å². The molecule has 1 aliphatic rings. The molecule has 7 heteroatoms. The minimum Gasteiger partial charge on any atom is -0.366 e. The second-order valence-corrected chi connectivity index (χ2v) is 7.85. The van der Waals surface area contributed by atoms with Gasteiger partial charge in [-0.1, -0.05) is 30.0 Å². The van der Waals surface area contributed by atoms with E-state index in [-0.39, 0.29) is 0 Å². The van der Waals surface area contributed by atoms with Crippen molar-refractivity contribution in [2.75, 3.05) is 10.6 Å². The number of primary amides is 1. The molecule has 3 aromatic carbocycles. The van der Waals surface area contributed by atoms with Gasteiger partial charge >= 0.3 is 0 Å². The number of nitrogens with two attached hydrogens (primary N) is 1. The summed E-state index contributed by atoms with van der Waals surface area (Å²) in [7, 11) is 0. The molecule has 4 N–H and O–H groups in total. The maximum absolute atomic E-state index is 11.2. The average molecular weight is 411 g/mol. The van der Waals surface area contributed by atoms with Gasteiger partial charge < -0.3 is 16.4 Å². The molecule has 0 spiro atoms. The highest BCUT2D eigenvalue weighted by Gasteiger charge is 2.16. The van der Waals surface area contributed by atoms with E-state index in [4.69, 9.17) is 5.73 Å². The highest BCUT2D eigenvalue weighted by Crippen LogP contribution is 2.45. The van der Waals surface area contributed by atoms with Crippen molar-refractivity contribution in [1.82, 2.24) is 9.97 Å². The largest absolute Gasteiger partial charge is 0.366 e. The first-order valence-corrected chi connectivity index (χ1v) is 10.2. The lowest BCUT2D eigenvalue weighted by atomic mass is 10.1. The van der Waals surface area contributed by atoms with E-state index in [1.54, 1.807) is 42.2 Å². The van der Waals surface area contributed by atoms with Crippen molar-refractivity contribution in [3.05, 3.63) is 84.6 Å². The van der Waals surface area contributed by atoms with Crippen LogP contribution in [0.25, 0.3) is 11.3 Å². The topological polar surface area (TPSA) is 92.9 Å². The van der Waals surface area contributed by atoms with Crippen molar-refractivity contribution in [2.24, 2.45) is 5.73 Å². The van der Waals surface area contributed by atoms with Crippen LogP contribution >= 0.6 is 11.8 Å². The Balaban J connectivity index is 1.40. The lowest BCUT2D eigenvalue weighted by molar-refractivity contribution is 0.100. The molecule has 1 aliphatic heterocycles. The van der Waals surface area contributed by atoms with E-state index >= 15 is 0 Å². The predicted molar refractivity (Wildman–Crippen MR) is 120 cm³/mol. The van der Waals surface area contributed by atoms with Crippen LogP contribution in [0.3, 0.4) is 0 Å². The highest BCUT2D eigenvalue weighted by atomic mass is 32.2. The first kappa shape index (κ1) is 18.2. The normalized spacial score (nSPS) is 11.7. The van der Waals surface area contributed by atoms with Crippen molar-refractivity contribution < 1.29 is 4.79 Å². The molecule has 2 heterocycles. The summed E-state index contributed by atoms with van der Waals surface area (Å²) in [6.07, 6.45) is 1.72. The lowest BCUT2D eigenvalue weighted by Crippen LogP contribution is -2.10. The Hall–Kier alpha value is -3.84. The fraction of sp³-hybridized carbons (Fsp3) is 0. The maximum atomic E-state index is 11.2. The van der Waals surface area contributed by atoms with Gasteiger partial charge in [0.15, 0.2) is 0 Å². The molecule has 0 bridgehead atoms. The summed E-state index contributed by atoms with van der Waals surface area (Å²) in [6, 6.07) is 23.3. The van der Waals surface area contributed by atoms with Crippen LogP contribution in [0, 0.1) is 0 Å². The van der Waals surface area contributed by atoms with Crippen molar-refractivity contribution in [1.29, 1.82) is 0 Å². The zero-order valence-corrected chi connectivity index (χ0v) is 16.6. The number of carbonyl (C=O) groups excluding carboxylic acids is 1. The van der Waals surface area contributed by atoms with Gasteiger partial charge in [0, 0.05) is 32.8 Å². The summed E-state index contributed by atoms with van der Waals surface area (Å²) in [6.45, 7) is 0. The monoisotopic (exact) mass is 411 g/mol. The standard InChI is InChI=1S/C23H17N5OS/c24-22(29)14-5-8-16(9-6-14)26-23-25-12-11-17(28-23)15-7-10-21-19(13-15)27-18-3-1-2-4-20(18)30-21/h1-13,27H,(H2,24,29)(H,25,26,28). The number of rotatable bonds is 4. The van der Waals surface area contributed by atoms with E-state index in [2.05, 4.69) is 50.9 Å². The van der Waals surface area contributed by atoms with E-state index in [1.165, 1.54) is 9.79 Å². The van der Waals surface area contributed by atoms with Gasteiger partial charge in [0.1, 0.15) is 0 Å². The molecule has 30 heavy (non-hydrogen) atoms. The number of fused-ring (bicyclic) bond motifs is 2. The molecule has 1 aromatic heterocycles. The molecule has 6 nitrogen and oxygen atoms in total. The van der Waals surface area contributed by atoms with Crippen LogP contribution in [0.1, 0.15) is 10.4 Å². The first-order valence-electron chi connectivity index (χ1n) is 9.34. The third kappa shape index (κ3) is 3.58. The van der Waals surface area contributed by atoms with Crippen molar-refractivity contribution in [2.45, 2.75) is 9.79 Å². The van der Waals surface area contributed by atoms with Crippen molar-refractivity contribution in [3.63, 3.8) is 0 Å². The van der Waals surface area contributed by atoms with Gasteiger partial charge in [-0.05, 0) is 54.6 Å². The minimum absolute atomic E-state index is 0.455. The molecular formula is C23H17N5OS. The van der Waals surface area contributed by atoms with Gasteiger partial charge in [0.25, 0.3) is 0 Å². The Bertz CT molecular complexity index is 1260. The van der Waals surface area contributed by atoms with Gasteiger partial charge in [0.05, 0.1) is 17.1 Å². The zero-order valence-electron chi connectivity index (χ0n) is 15.8. The fourth-order valence-corrected chi connectivity index (χ4v) is 4.19. The van der Waals surface area contributed by atoms with Crippen LogP contribution in [0.5, 0.6) is 0 Å². The van der Waals surface area contributed by atoms with Gasteiger partial charge in [-0.2, -0.15) is 0 Å². The Morgan fingerprint density at radius 2 is 1.73 bits per heavy atom. The van der Waals surface area contributed by atoms with Crippen molar-refractivity contribution >= 4 is 40.7 Å². The molecule has 1 amide bonds. The molecule has 0 saturated heterocycles. The number of para-hydroxylation sites is 1. The maximum Gasteiger partial charge on any atom is 0.248 e. The lowest BCUT2D eigenvalue weighted by Gasteiger charge is -2.21. The van der Waals surface area contributed by atoms with Crippen LogP contribution < -0.4 is 16.4 Å². The Kier molecular flexibility index (Phi) is 4.57. The predicted octanol–water partition coefficient (Wildman–Crippen LogP) is 5.19. The molecule has 5 rings (SSSR count).